The van der Waals surface area contributed by atoms with Crippen molar-refractivity contribution in [3.63, 3.8) is 0 Å². The van der Waals surface area contributed by atoms with E-state index >= 15 is 0 Å². The Balaban J connectivity index is 1.55. The second-order valence-electron chi connectivity index (χ2n) is 6.32. The fourth-order valence-electron chi connectivity index (χ4n) is 3.76. The minimum absolute atomic E-state index is 0.0235. The lowest BCUT2D eigenvalue weighted by Gasteiger charge is -2.22. The molecule has 2 fully saturated rings. The van der Waals surface area contributed by atoms with Crippen LogP contribution in [-0.2, 0) is 7.05 Å². The third kappa shape index (κ3) is 2.28. The van der Waals surface area contributed by atoms with Crippen LogP contribution in [0.2, 0.25) is 0 Å². The number of hydrogen-bond acceptors (Lipinski definition) is 2. The lowest BCUT2D eigenvalue weighted by molar-refractivity contribution is 0.0940. The summed E-state index contributed by atoms with van der Waals surface area (Å²) >= 11 is 0. The van der Waals surface area contributed by atoms with Crippen LogP contribution in [0.3, 0.4) is 0 Å². The molecule has 2 saturated carbocycles. The van der Waals surface area contributed by atoms with E-state index in [-0.39, 0.29) is 5.91 Å². The van der Waals surface area contributed by atoms with Gasteiger partial charge in [0.2, 0.25) is 0 Å². The van der Waals surface area contributed by atoms with Gasteiger partial charge in [0.05, 0.1) is 12.0 Å². The minimum Gasteiger partial charge on any atom is -0.350 e. The number of carbonyl (C=O) groups is 1. The molecule has 0 radical (unpaired) electrons. The number of aryl methyl sites for hydroxylation is 2. The van der Waals surface area contributed by atoms with Gasteiger partial charge in [-0.2, -0.15) is 0 Å². The molecule has 0 bridgehead atoms. The highest BCUT2D eigenvalue weighted by molar-refractivity contribution is 5.93. The molecule has 1 aromatic heterocycles. The first-order valence-electron chi connectivity index (χ1n) is 7.38. The topological polar surface area (TPSA) is 46.9 Å². The summed E-state index contributed by atoms with van der Waals surface area (Å²) in [5.74, 6) is 0.737. The summed E-state index contributed by atoms with van der Waals surface area (Å²) in [6, 6.07) is 0. The number of nitrogens with one attached hydrogen (secondary N) is 1. The Labute approximate surface area is 114 Å². The van der Waals surface area contributed by atoms with Gasteiger partial charge in [0, 0.05) is 13.6 Å². The molecule has 4 nitrogen and oxygen atoms in total. The maximum atomic E-state index is 12.2. The Hall–Kier alpha value is -1.32. The van der Waals surface area contributed by atoms with Crippen molar-refractivity contribution in [1.82, 2.24) is 14.9 Å². The normalized spacial score (nSPS) is 24.4. The number of carbonyl (C=O) groups excluding carboxylic acids is 1. The highest BCUT2D eigenvalue weighted by Crippen LogP contribution is 2.60. The highest BCUT2D eigenvalue weighted by atomic mass is 16.2. The molecular formula is C15H23N3O. The van der Waals surface area contributed by atoms with Crippen molar-refractivity contribution >= 4 is 5.91 Å². The van der Waals surface area contributed by atoms with Gasteiger partial charge in [0.1, 0.15) is 5.69 Å². The molecular weight excluding hydrogens is 238 g/mol. The van der Waals surface area contributed by atoms with Crippen LogP contribution in [0.4, 0.5) is 0 Å². The third-order valence-electron chi connectivity index (χ3n) is 5.05. The fourth-order valence-corrected chi connectivity index (χ4v) is 3.76. The van der Waals surface area contributed by atoms with Crippen molar-refractivity contribution < 1.29 is 4.79 Å². The Morgan fingerprint density at radius 2 is 2.21 bits per heavy atom. The maximum Gasteiger partial charge on any atom is 0.269 e. The summed E-state index contributed by atoms with van der Waals surface area (Å²) in [5.41, 5.74) is 2.09. The predicted octanol–water partition coefficient (Wildman–Crippen LogP) is 2.43. The van der Waals surface area contributed by atoms with E-state index in [9.17, 15) is 4.79 Å². The van der Waals surface area contributed by atoms with Crippen molar-refractivity contribution in [2.45, 2.75) is 45.4 Å². The molecule has 0 saturated heterocycles. The molecule has 4 heteroatoms. The summed E-state index contributed by atoms with van der Waals surface area (Å²) in [6.45, 7) is 2.72. The first-order valence-corrected chi connectivity index (χ1v) is 7.38. The van der Waals surface area contributed by atoms with Gasteiger partial charge in [-0.25, -0.2) is 4.98 Å². The number of nitrogens with zero attached hydrogens (tertiary/aromatic N) is 2. The van der Waals surface area contributed by atoms with Crippen LogP contribution in [-0.4, -0.2) is 22.0 Å². The van der Waals surface area contributed by atoms with Crippen molar-refractivity contribution in [2.75, 3.05) is 6.54 Å². The van der Waals surface area contributed by atoms with Crippen LogP contribution in [0.5, 0.6) is 0 Å². The van der Waals surface area contributed by atoms with E-state index in [4.69, 9.17) is 0 Å². The maximum absolute atomic E-state index is 12.2. The van der Waals surface area contributed by atoms with Gasteiger partial charge < -0.3 is 9.88 Å². The molecule has 1 amide bonds. The number of aromatic nitrogens is 2. The van der Waals surface area contributed by atoms with Crippen LogP contribution in [0.1, 0.15) is 54.7 Å². The van der Waals surface area contributed by atoms with E-state index in [2.05, 4.69) is 10.3 Å². The average Bonchev–Trinajstić information content (AvgIpc) is 2.94. The van der Waals surface area contributed by atoms with Gasteiger partial charge in [-0.1, -0.05) is 19.3 Å². The second-order valence-corrected chi connectivity index (χ2v) is 6.32. The summed E-state index contributed by atoms with van der Waals surface area (Å²) in [5, 5.41) is 3.10. The quantitative estimate of drug-likeness (QED) is 0.908. The fraction of sp³-hybridized carbons (Fsp3) is 0.733. The smallest absolute Gasteiger partial charge is 0.269 e. The zero-order chi connectivity index (χ0) is 13.5. The van der Waals surface area contributed by atoms with E-state index in [1.54, 1.807) is 10.9 Å². The van der Waals surface area contributed by atoms with Gasteiger partial charge in [-0.3, -0.25) is 4.79 Å². The van der Waals surface area contributed by atoms with Crippen LogP contribution < -0.4 is 5.32 Å². The third-order valence-corrected chi connectivity index (χ3v) is 5.05. The minimum atomic E-state index is 0.0235. The molecule has 0 aliphatic heterocycles. The van der Waals surface area contributed by atoms with E-state index in [1.165, 1.54) is 38.5 Å². The second kappa shape index (κ2) is 4.66. The molecule has 1 aromatic rings. The monoisotopic (exact) mass is 261 g/mol. The largest absolute Gasteiger partial charge is 0.350 e. The van der Waals surface area contributed by atoms with Crippen LogP contribution in [0.15, 0.2) is 6.33 Å². The summed E-state index contributed by atoms with van der Waals surface area (Å²) in [7, 11) is 1.87. The Morgan fingerprint density at radius 1 is 1.47 bits per heavy atom. The highest BCUT2D eigenvalue weighted by Gasteiger charge is 2.53. The van der Waals surface area contributed by atoms with Gasteiger partial charge in [0.15, 0.2) is 0 Å². The van der Waals surface area contributed by atoms with Crippen molar-refractivity contribution in [1.29, 1.82) is 0 Å². The molecule has 0 unspecified atom stereocenters. The zero-order valence-electron chi connectivity index (χ0n) is 11.9. The molecule has 1 heterocycles. The molecule has 19 heavy (non-hydrogen) atoms. The SMILES string of the molecule is Cc1ncn(C)c1C(=O)NC[C@H]1CC12CCCCC2. The summed E-state index contributed by atoms with van der Waals surface area (Å²) in [4.78, 5) is 16.3. The van der Waals surface area contributed by atoms with Crippen molar-refractivity contribution in [3.8, 4) is 0 Å². The van der Waals surface area contributed by atoms with Crippen molar-refractivity contribution in [3.05, 3.63) is 17.7 Å². The van der Waals surface area contributed by atoms with E-state index in [0.717, 1.165) is 12.2 Å². The lowest BCUT2D eigenvalue weighted by atomic mass is 9.84. The molecule has 1 N–H and O–H groups in total. The van der Waals surface area contributed by atoms with E-state index in [0.29, 0.717) is 17.0 Å². The number of rotatable bonds is 3. The van der Waals surface area contributed by atoms with Crippen molar-refractivity contribution in [2.24, 2.45) is 18.4 Å². The number of amides is 1. The Bertz CT molecular complexity index is 466. The van der Waals surface area contributed by atoms with E-state index < -0.39 is 0 Å². The molecule has 104 valence electrons. The van der Waals surface area contributed by atoms with Gasteiger partial charge in [0.25, 0.3) is 5.91 Å². The van der Waals surface area contributed by atoms with E-state index in [1.807, 2.05) is 14.0 Å². The van der Waals surface area contributed by atoms with Crippen LogP contribution >= 0.6 is 0 Å². The number of imidazole rings is 1. The van der Waals surface area contributed by atoms with Gasteiger partial charge in [-0.15, -0.1) is 0 Å². The Kier molecular flexibility index (Phi) is 3.11. The molecule has 0 aromatic carbocycles. The predicted molar refractivity (Wildman–Crippen MR) is 73.9 cm³/mol. The first-order chi connectivity index (χ1) is 9.12. The standard InChI is InChI=1S/C15H23N3O/c1-11-13(18(2)10-17-11)14(19)16-9-12-8-15(12)6-4-3-5-7-15/h10,12H,3-9H2,1-2H3,(H,16,19)/t12-/m1/s1. The number of hydrogen-bond donors (Lipinski definition) is 1. The summed E-state index contributed by atoms with van der Waals surface area (Å²) in [6.07, 6.45) is 9.92. The van der Waals surface area contributed by atoms with Gasteiger partial charge in [-0.05, 0) is 37.5 Å². The molecule has 3 rings (SSSR count). The lowest BCUT2D eigenvalue weighted by Crippen LogP contribution is -2.29. The summed E-state index contributed by atoms with van der Waals surface area (Å²) < 4.78 is 1.80. The molecule has 2 aliphatic rings. The zero-order valence-corrected chi connectivity index (χ0v) is 11.9. The molecule has 1 spiro atoms. The van der Waals surface area contributed by atoms with Gasteiger partial charge >= 0.3 is 0 Å². The first kappa shape index (κ1) is 12.7. The average molecular weight is 261 g/mol. The van der Waals surface area contributed by atoms with Crippen LogP contribution in [0, 0.1) is 18.3 Å². The molecule has 2 aliphatic carbocycles. The van der Waals surface area contributed by atoms with Crippen LogP contribution in [0.25, 0.3) is 0 Å². The molecule has 1 atom stereocenters. The Morgan fingerprint density at radius 3 is 2.84 bits per heavy atom.